The fourth-order valence-corrected chi connectivity index (χ4v) is 5.33. The van der Waals surface area contributed by atoms with E-state index in [2.05, 4.69) is 5.32 Å². The van der Waals surface area contributed by atoms with Crippen LogP contribution in [0.15, 0.2) is 65.5 Å². The van der Waals surface area contributed by atoms with Crippen LogP contribution in [0.25, 0.3) is 17.3 Å². The number of amides is 1. The van der Waals surface area contributed by atoms with Gasteiger partial charge in [0.1, 0.15) is 16.5 Å². The first-order valence-electron chi connectivity index (χ1n) is 12.6. The highest BCUT2D eigenvalue weighted by atomic mass is 32.1. The first-order valence-corrected chi connectivity index (χ1v) is 13.4. The molecule has 0 fully saturated rings. The zero-order chi connectivity index (χ0) is 29.5. The molecule has 0 aliphatic rings. The Morgan fingerprint density at radius 1 is 0.976 bits per heavy atom. The molecule has 9 nitrogen and oxygen atoms in total. The second-order valence-corrected chi connectivity index (χ2v) is 9.70. The third-order valence-electron chi connectivity index (χ3n) is 6.33. The molecule has 0 unspecified atom stereocenters. The first-order chi connectivity index (χ1) is 19.9. The van der Waals surface area contributed by atoms with Gasteiger partial charge in [0.2, 0.25) is 5.75 Å². The zero-order valence-corrected chi connectivity index (χ0v) is 24.1. The van der Waals surface area contributed by atoms with Gasteiger partial charge in [0, 0.05) is 17.3 Å². The lowest BCUT2D eigenvalue weighted by Crippen LogP contribution is -2.32. The fraction of sp³-hybridized carbons (Fsp3) is 0.194. The lowest BCUT2D eigenvalue weighted by molar-refractivity contribution is -0.111. The highest BCUT2D eigenvalue weighted by Crippen LogP contribution is 2.40. The van der Waals surface area contributed by atoms with Gasteiger partial charge in [-0.25, -0.2) is 0 Å². The molecule has 0 aliphatic carbocycles. The largest absolute Gasteiger partial charge is 0.497 e. The third-order valence-corrected chi connectivity index (χ3v) is 7.42. The van der Waals surface area contributed by atoms with E-state index in [-0.39, 0.29) is 14.8 Å². The minimum atomic E-state index is -0.656. The molecule has 1 aromatic heterocycles. The predicted molar refractivity (Wildman–Crippen MR) is 159 cm³/mol. The second kappa shape index (κ2) is 12.9. The van der Waals surface area contributed by atoms with E-state index in [0.29, 0.717) is 39.9 Å². The molecule has 0 saturated heterocycles. The molecular formula is C31H29N3O6S. The first kappa shape index (κ1) is 29.0. The summed E-state index contributed by atoms with van der Waals surface area (Å²) < 4.78 is 23.5. The van der Waals surface area contributed by atoms with E-state index < -0.39 is 11.5 Å². The lowest BCUT2D eigenvalue weighted by Gasteiger charge is -2.13. The highest BCUT2D eigenvalue weighted by Gasteiger charge is 2.19. The monoisotopic (exact) mass is 571 g/mol. The van der Waals surface area contributed by atoms with Gasteiger partial charge in [-0.05, 0) is 54.5 Å². The lowest BCUT2D eigenvalue weighted by atomic mass is 10.1. The number of ether oxygens (including phenoxy) is 4. The molecule has 0 bridgehead atoms. The summed E-state index contributed by atoms with van der Waals surface area (Å²) >= 11 is 1.03. The normalized spacial score (nSPS) is 11.9. The number of nitrogens with one attached hydrogen (secondary N) is 1. The van der Waals surface area contributed by atoms with Crippen LogP contribution >= 0.6 is 11.3 Å². The molecule has 10 heteroatoms. The average molecular weight is 572 g/mol. The van der Waals surface area contributed by atoms with Crippen molar-refractivity contribution in [2.75, 3.05) is 33.8 Å². The van der Waals surface area contributed by atoms with Crippen LogP contribution in [0.3, 0.4) is 0 Å². The number of thiazole rings is 1. The van der Waals surface area contributed by atoms with Crippen LogP contribution in [0.1, 0.15) is 18.1 Å². The van der Waals surface area contributed by atoms with Crippen molar-refractivity contribution in [1.82, 2.24) is 4.57 Å². The Morgan fingerprint density at radius 2 is 1.71 bits per heavy atom. The molecule has 1 amide bonds. The van der Waals surface area contributed by atoms with Gasteiger partial charge >= 0.3 is 0 Å². The van der Waals surface area contributed by atoms with Crippen LogP contribution in [0.2, 0.25) is 0 Å². The number of hydrogen-bond donors (Lipinski definition) is 1. The Morgan fingerprint density at radius 3 is 2.32 bits per heavy atom. The predicted octanol–water partition coefficient (Wildman–Crippen LogP) is 3.64. The van der Waals surface area contributed by atoms with Crippen LogP contribution in [0, 0.1) is 11.3 Å². The molecule has 3 aromatic carbocycles. The number of benzene rings is 3. The molecule has 4 rings (SSSR count). The van der Waals surface area contributed by atoms with Crippen LogP contribution in [-0.2, 0) is 11.2 Å². The summed E-state index contributed by atoms with van der Waals surface area (Å²) in [6.07, 6.45) is 2.46. The summed E-state index contributed by atoms with van der Waals surface area (Å²) in [5, 5.41) is 12.9. The maximum absolute atomic E-state index is 13.9. The molecule has 0 saturated carbocycles. The summed E-state index contributed by atoms with van der Waals surface area (Å²) in [4.78, 5) is 27.3. The van der Waals surface area contributed by atoms with Gasteiger partial charge in [-0.15, -0.1) is 11.3 Å². The summed E-state index contributed by atoms with van der Waals surface area (Å²) in [5.74, 6) is 1.11. The molecule has 0 spiro atoms. The van der Waals surface area contributed by atoms with Gasteiger partial charge in [0.05, 0.1) is 38.7 Å². The molecule has 1 heterocycles. The molecule has 4 aromatic rings. The summed E-state index contributed by atoms with van der Waals surface area (Å²) in [5.41, 5.74) is 2.01. The van der Waals surface area contributed by atoms with Crippen molar-refractivity contribution in [1.29, 1.82) is 5.26 Å². The number of anilines is 1. The van der Waals surface area contributed by atoms with E-state index in [1.54, 1.807) is 54.6 Å². The second-order valence-electron chi connectivity index (χ2n) is 8.67. The number of carbonyl (C=O) groups excluding carboxylic acids is 1. The molecule has 41 heavy (non-hydrogen) atoms. The van der Waals surface area contributed by atoms with Gasteiger partial charge in [-0.2, -0.15) is 5.26 Å². The van der Waals surface area contributed by atoms with Gasteiger partial charge in [0.15, 0.2) is 17.1 Å². The maximum Gasteiger partial charge on any atom is 0.273 e. The van der Waals surface area contributed by atoms with E-state index in [1.807, 2.05) is 25.1 Å². The van der Waals surface area contributed by atoms with E-state index in [0.717, 1.165) is 23.3 Å². The molecule has 0 atom stereocenters. The third kappa shape index (κ3) is 5.95. The zero-order valence-electron chi connectivity index (χ0n) is 23.3. The Bertz CT molecular complexity index is 1800. The molecule has 0 aliphatic heterocycles. The Hall–Kier alpha value is -5.01. The minimum absolute atomic E-state index is 0.188. The van der Waals surface area contributed by atoms with Crippen molar-refractivity contribution in [2.45, 2.75) is 13.3 Å². The van der Waals surface area contributed by atoms with E-state index in [1.165, 1.54) is 33.0 Å². The van der Waals surface area contributed by atoms with Crippen LogP contribution in [0.4, 0.5) is 5.69 Å². The number of methoxy groups -OCH3 is 4. The summed E-state index contributed by atoms with van der Waals surface area (Å²) in [6.45, 7) is 2.03. The van der Waals surface area contributed by atoms with Gasteiger partial charge in [-0.1, -0.05) is 25.1 Å². The van der Waals surface area contributed by atoms with Gasteiger partial charge in [-0.3, -0.25) is 14.2 Å². The van der Waals surface area contributed by atoms with Crippen molar-refractivity contribution in [2.24, 2.45) is 0 Å². The van der Waals surface area contributed by atoms with Crippen LogP contribution in [0.5, 0.6) is 23.0 Å². The number of nitriles is 1. The molecule has 1 N–H and O–H groups in total. The van der Waals surface area contributed by atoms with Crippen LogP contribution in [-0.4, -0.2) is 38.9 Å². The van der Waals surface area contributed by atoms with Crippen molar-refractivity contribution in [3.8, 4) is 34.8 Å². The number of rotatable bonds is 9. The maximum atomic E-state index is 13.9. The number of hydrogen-bond acceptors (Lipinski definition) is 8. The van der Waals surface area contributed by atoms with E-state index in [9.17, 15) is 14.9 Å². The van der Waals surface area contributed by atoms with E-state index >= 15 is 0 Å². The van der Waals surface area contributed by atoms with Crippen molar-refractivity contribution < 1.29 is 23.7 Å². The molecule has 210 valence electrons. The number of aromatic nitrogens is 1. The van der Waals surface area contributed by atoms with Gasteiger partial charge in [0.25, 0.3) is 11.5 Å². The SMILES string of the molecule is CCc1ccc(-n2c(=O)/c(=C\c3ccc(OC)c(OC)c3OC)s/c2=C(/C#N)C(=O)Nc2cccc(OC)c2)cc1. The minimum Gasteiger partial charge on any atom is -0.497 e. The summed E-state index contributed by atoms with van der Waals surface area (Å²) in [6, 6.07) is 19.7. The summed E-state index contributed by atoms with van der Waals surface area (Å²) in [7, 11) is 6.03. The highest BCUT2D eigenvalue weighted by molar-refractivity contribution is 7.07. The Balaban J connectivity index is 1.99. The van der Waals surface area contributed by atoms with Crippen molar-refractivity contribution in [3.05, 3.63) is 91.3 Å². The quantitative estimate of drug-likeness (QED) is 0.327. The number of aryl methyl sites for hydroxylation is 1. The Labute approximate surface area is 241 Å². The smallest absolute Gasteiger partial charge is 0.273 e. The topological polar surface area (TPSA) is 112 Å². The standard InChI is InChI=1S/C31H29N3O6S/c1-6-19-10-13-22(14-11-19)34-30(36)26(16-20-12-15-25(38-3)28(40-5)27(20)39-4)41-31(34)24(18-32)29(35)33-21-8-7-9-23(17-21)37-2/h7-17H,6H2,1-5H3,(H,33,35)/b26-16+,31-24-. The van der Waals surface area contributed by atoms with E-state index in [4.69, 9.17) is 18.9 Å². The molecule has 0 radical (unpaired) electrons. The number of nitrogens with zero attached hydrogens (tertiary/aromatic N) is 2. The molecular weight excluding hydrogens is 542 g/mol. The van der Waals surface area contributed by atoms with Crippen molar-refractivity contribution >= 4 is 34.6 Å². The van der Waals surface area contributed by atoms with Crippen LogP contribution < -0.4 is 39.0 Å². The average Bonchev–Trinajstić information content (AvgIpc) is 3.31. The fourth-order valence-electron chi connectivity index (χ4n) is 4.23. The number of carbonyl (C=O) groups is 1. The van der Waals surface area contributed by atoms with Gasteiger partial charge < -0.3 is 24.3 Å². The van der Waals surface area contributed by atoms with Crippen molar-refractivity contribution in [3.63, 3.8) is 0 Å². The Kier molecular flexibility index (Phi) is 9.12.